The molecule has 1 aromatic carbocycles. The fourth-order valence-electron chi connectivity index (χ4n) is 3.74. The first-order valence-corrected chi connectivity index (χ1v) is 10.9. The van der Waals surface area contributed by atoms with E-state index in [4.69, 9.17) is 4.52 Å². The summed E-state index contributed by atoms with van der Waals surface area (Å²) in [5, 5.41) is 9.57. The molecule has 1 saturated carbocycles. The normalized spacial score (nSPS) is 14.1. The Bertz CT molecular complexity index is 875. The van der Waals surface area contributed by atoms with E-state index >= 15 is 0 Å². The summed E-state index contributed by atoms with van der Waals surface area (Å²) in [4.78, 5) is 38.5. The van der Waals surface area contributed by atoms with Crippen LogP contribution in [0, 0.1) is 6.92 Å². The van der Waals surface area contributed by atoms with Crippen molar-refractivity contribution in [2.75, 3.05) is 11.4 Å². The van der Waals surface area contributed by atoms with Crippen LogP contribution < -0.4 is 15.5 Å². The van der Waals surface area contributed by atoms with Crippen LogP contribution in [0.5, 0.6) is 0 Å². The second kappa shape index (κ2) is 11.3. The molecule has 0 saturated heterocycles. The molecule has 1 aliphatic rings. The number of rotatable bonds is 9. The van der Waals surface area contributed by atoms with Crippen molar-refractivity contribution in [3.63, 3.8) is 0 Å². The zero-order valence-electron chi connectivity index (χ0n) is 17.9. The third kappa shape index (κ3) is 6.94. The van der Waals surface area contributed by atoms with Crippen molar-refractivity contribution in [2.24, 2.45) is 0 Å². The van der Waals surface area contributed by atoms with Gasteiger partial charge in [0.15, 0.2) is 5.82 Å². The van der Waals surface area contributed by atoms with Crippen molar-refractivity contribution in [3.05, 3.63) is 42.2 Å². The Labute approximate surface area is 182 Å². The average Bonchev–Trinajstić information content (AvgIpc) is 3.19. The van der Waals surface area contributed by atoms with E-state index in [9.17, 15) is 14.4 Å². The number of carbonyl (C=O) groups is 3. The van der Waals surface area contributed by atoms with Crippen LogP contribution in [0.15, 0.2) is 40.9 Å². The maximum atomic E-state index is 12.9. The highest BCUT2D eigenvalue weighted by Gasteiger charge is 2.21. The molecule has 166 valence electrons. The Morgan fingerprint density at radius 2 is 1.81 bits per heavy atom. The van der Waals surface area contributed by atoms with Crippen molar-refractivity contribution in [1.82, 2.24) is 15.8 Å². The highest BCUT2D eigenvalue weighted by molar-refractivity contribution is 5.99. The van der Waals surface area contributed by atoms with E-state index in [0.717, 1.165) is 25.7 Å². The number of aryl methyl sites for hydroxylation is 1. The quantitative estimate of drug-likeness (QED) is 0.640. The van der Waals surface area contributed by atoms with E-state index < -0.39 is 0 Å². The molecular formula is C23H30N4O4. The number of nitrogens with one attached hydrogen (secondary N) is 2. The SMILES string of the molecule is Cc1cc(N(C(=O)CCCC(=O)NCC(=O)NC2CCCCC2)c2ccccc2)no1. The molecule has 0 unspecified atom stereocenters. The van der Waals surface area contributed by atoms with Crippen LogP contribution in [0.3, 0.4) is 0 Å². The molecule has 0 atom stereocenters. The summed E-state index contributed by atoms with van der Waals surface area (Å²) in [6.45, 7) is 1.73. The topological polar surface area (TPSA) is 105 Å². The molecule has 3 rings (SSSR count). The third-order valence-electron chi connectivity index (χ3n) is 5.32. The molecule has 2 N–H and O–H groups in total. The summed E-state index contributed by atoms with van der Waals surface area (Å²) >= 11 is 0. The van der Waals surface area contributed by atoms with Crippen molar-refractivity contribution < 1.29 is 18.9 Å². The lowest BCUT2D eigenvalue weighted by Crippen LogP contribution is -2.42. The van der Waals surface area contributed by atoms with Gasteiger partial charge in [-0.1, -0.05) is 42.6 Å². The van der Waals surface area contributed by atoms with Crippen LogP contribution in [-0.4, -0.2) is 35.5 Å². The highest BCUT2D eigenvalue weighted by atomic mass is 16.5. The number of benzene rings is 1. The number of amides is 3. The van der Waals surface area contributed by atoms with Crippen molar-refractivity contribution >= 4 is 29.2 Å². The summed E-state index contributed by atoms with van der Waals surface area (Å²) in [6.07, 6.45) is 6.22. The summed E-state index contributed by atoms with van der Waals surface area (Å²) in [7, 11) is 0. The lowest BCUT2D eigenvalue weighted by molar-refractivity contribution is -0.126. The van der Waals surface area contributed by atoms with E-state index in [1.54, 1.807) is 13.0 Å². The molecule has 1 heterocycles. The van der Waals surface area contributed by atoms with Gasteiger partial charge in [0.25, 0.3) is 0 Å². The monoisotopic (exact) mass is 426 g/mol. The zero-order valence-corrected chi connectivity index (χ0v) is 17.9. The Morgan fingerprint density at radius 3 is 2.48 bits per heavy atom. The number of anilines is 2. The molecule has 31 heavy (non-hydrogen) atoms. The highest BCUT2D eigenvalue weighted by Crippen LogP contribution is 2.26. The number of hydrogen-bond donors (Lipinski definition) is 2. The average molecular weight is 427 g/mol. The Balaban J connectivity index is 1.44. The molecule has 0 spiro atoms. The summed E-state index contributed by atoms with van der Waals surface area (Å²) in [5.41, 5.74) is 0.685. The van der Waals surface area contributed by atoms with Gasteiger partial charge in [0, 0.05) is 24.9 Å². The molecular weight excluding hydrogens is 396 g/mol. The van der Waals surface area contributed by atoms with Crippen LogP contribution in [-0.2, 0) is 14.4 Å². The van der Waals surface area contributed by atoms with E-state index in [2.05, 4.69) is 15.8 Å². The van der Waals surface area contributed by atoms with E-state index in [0.29, 0.717) is 23.7 Å². The standard InChI is InChI=1S/C23H30N4O4/c1-17-15-20(26-31-17)27(19-11-6-3-7-12-19)23(30)14-8-13-21(28)24-16-22(29)25-18-9-4-2-5-10-18/h3,6-7,11-12,15,18H,2,4-5,8-10,13-14,16H2,1H3,(H,24,28)(H,25,29). The molecule has 0 aliphatic heterocycles. The van der Waals surface area contributed by atoms with Gasteiger partial charge in [0.1, 0.15) is 5.76 Å². The Kier molecular flexibility index (Phi) is 8.20. The molecule has 0 radical (unpaired) electrons. The maximum absolute atomic E-state index is 12.9. The van der Waals surface area contributed by atoms with Crippen molar-refractivity contribution in [2.45, 2.75) is 64.3 Å². The van der Waals surface area contributed by atoms with Gasteiger partial charge in [-0.2, -0.15) is 0 Å². The fraction of sp³-hybridized carbons (Fsp3) is 0.478. The van der Waals surface area contributed by atoms with Gasteiger partial charge in [-0.3, -0.25) is 19.3 Å². The fourth-order valence-corrected chi connectivity index (χ4v) is 3.74. The molecule has 0 bridgehead atoms. The number of aromatic nitrogens is 1. The molecule has 1 aliphatic carbocycles. The van der Waals surface area contributed by atoms with E-state index in [1.807, 2.05) is 30.3 Å². The largest absolute Gasteiger partial charge is 0.360 e. The van der Waals surface area contributed by atoms with Crippen LogP contribution >= 0.6 is 0 Å². The van der Waals surface area contributed by atoms with Crippen LogP contribution in [0.25, 0.3) is 0 Å². The lowest BCUT2D eigenvalue weighted by Gasteiger charge is -2.22. The lowest BCUT2D eigenvalue weighted by atomic mass is 9.95. The van der Waals surface area contributed by atoms with Gasteiger partial charge in [-0.05, 0) is 38.3 Å². The minimum absolute atomic E-state index is 0.0301. The van der Waals surface area contributed by atoms with Crippen molar-refractivity contribution in [3.8, 4) is 0 Å². The van der Waals surface area contributed by atoms with Crippen LogP contribution in [0.4, 0.5) is 11.5 Å². The minimum atomic E-state index is -0.241. The van der Waals surface area contributed by atoms with E-state index in [-0.39, 0.29) is 43.1 Å². The summed E-state index contributed by atoms with van der Waals surface area (Å²) < 4.78 is 5.12. The number of carbonyl (C=O) groups excluding carboxylic acids is 3. The maximum Gasteiger partial charge on any atom is 0.239 e. The van der Waals surface area contributed by atoms with Crippen molar-refractivity contribution in [1.29, 1.82) is 0 Å². The van der Waals surface area contributed by atoms with E-state index in [1.165, 1.54) is 11.3 Å². The molecule has 8 nitrogen and oxygen atoms in total. The first-order valence-electron chi connectivity index (χ1n) is 10.9. The predicted octanol–water partition coefficient (Wildman–Crippen LogP) is 3.38. The smallest absolute Gasteiger partial charge is 0.239 e. The zero-order chi connectivity index (χ0) is 22.1. The minimum Gasteiger partial charge on any atom is -0.360 e. The number of nitrogens with zero attached hydrogens (tertiary/aromatic N) is 2. The number of para-hydroxylation sites is 1. The number of hydrogen-bond acceptors (Lipinski definition) is 5. The summed E-state index contributed by atoms with van der Waals surface area (Å²) in [5.74, 6) is 0.442. The molecule has 1 fully saturated rings. The molecule has 2 aromatic rings. The van der Waals surface area contributed by atoms with Gasteiger partial charge >= 0.3 is 0 Å². The van der Waals surface area contributed by atoms with Crippen LogP contribution in [0.1, 0.15) is 57.1 Å². The second-order valence-corrected chi connectivity index (χ2v) is 7.89. The second-order valence-electron chi connectivity index (χ2n) is 7.89. The Hall–Kier alpha value is -3.16. The molecule has 8 heteroatoms. The van der Waals surface area contributed by atoms with Gasteiger partial charge in [0.2, 0.25) is 17.7 Å². The van der Waals surface area contributed by atoms with Gasteiger partial charge < -0.3 is 15.2 Å². The van der Waals surface area contributed by atoms with Gasteiger partial charge in [-0.25, -0.2) is 0 Å². The van der Waals surface area contributed by atoms with Crippen LogP contribution in [0.2, 0.25) is 0 Å². The summed E-state index contributed by atoms with van der Waals surface area (Å²) in [6, 6.07) is 11.1. The first-order chi connectivity index (χ1) is 15.0. The Morgan fingerprint density at radius 1 is 1.06 bits per heavy atom. The van der Waals surface area contributed by atoms with Gasteiger partial charge in [-0.15, -0.1) is 0 Å². The molecule has 3 amide bonds. The molecule has 1 aromatic heterocycles. The third-order valence-corrected chi connectivity index (χ3v) is 5.32. The first kappa shape index (κ1) is 22.5. The predicted molar refractivity (Wildman–Crippen MR) is 117 cm³/mol. The van der Waals surface area contributed by atoms with Gasteiger partial charge in [0.05, 0.1) is 12.2 Å².